The van der Waals surface area contributed by atoms with Gasteiger partial charge in [0.2, 0.25) is 0 Å². The van der Waals surface area contributed by atoms with E-state index in [1.54, 1.807) is 12.2 Å². The minimum Gasteiger partial charge on any atom is -0.463 e. The molecule has 6 nitrogen and oxygen atoms in total. The second-order valence-electron chi connectivity index (χ2n) is 6.66. The van der Waals surface area contributed by atoms with Crippen LogP contribution >= 0.6 is 7.14 Å². The maximum absolute atomic E-state index is 14.4. The Labute approximate surface area is 169 Å². The van der Waals surface area contributed by atoms with Crippen LogP contribution in [0.5, 0.6) is 0 Å². The van der Waals surface area contributed by atoms with Crippen molar-refractivity contribution in [2.75, 3.05) is 6.61 Å². The molecule has 0 bridgehead atoms. The van der Waals surface area contributed by atoms with Crippen molar-refractivity contribution in [3.05, 3.63) is 72.8 Å². The van der Waals surface area contributed by atoms with Gasteiger partial charge in [-0.1, -0.05) is 60.7 Å². The highest BCUT2D eigenvalue weighted by molar-refractivity contribution is 7.79. The van der Waals surface area contributed by atoms with Crippen LogP contribution in [0.2, 0.25) is 0 Å². The molecule has 0 fully saturated rings. The fourth-order valence-electron chi connectivity index (χ4n) is 3.22. The van der Waals surface area contributed by atoms with Gasteiger partial charge < -0.3 is 18.8 Å². The van der Waals surface area contributed by atoms with Crippen LogP contribution in [0.15, 0.2) is 72.8 Å². The van der Waals surface area contributed by atoms with Crippen molar-refractivity contribution in [3.8, 4) is 0 Å². The Morgan fingerprint density at radius 3 is 1.93 bits per heavy atom. The molecule has 29 heavy (non-hydrogen) atoms. The Balaban J connectivity index is 2.01. The van der Waals surface area contributed by atoms with Crippen molar-refractivity contribution < 1.29 is 28.4 Å². The second-order valence-corrected chi connectivity index (χ2v) is 9.51. The number of carbonyl (C=O) groups is 2. The van der Waals surface area contributed by atoms with Crippen LogP contribution in [0.25, 0.3) is 0 Å². The topological polar surface area (TPSA) is 78.9 Å². The zero-order chi connectivity index (χ0) is 20.9. The van der Waals surface area contributed by atoms with Crippen LogP contribution in [-0.4, -0.2) is 36.6 Å². The van der Waals surface area contributed by atoms with Crippen LogP contribution in [-0.2, 0) is 28.4 Å². The molecule has 0 saturated heterocycles. The average molecular weight is 414 g/mol. The lowest BCUT2D eigenvalue weighted by atomic mass is 10.1. The first-order chi connectivity index (χ1) is 13.9. The molecule has 0 unspecified atom stereocenters. The molecule has 1 heterocycles. The van der Waals surface area contributed by atoms with Crippen LogP contribution in [0, 0.1) is 0 Å². The van der Waals surface area contributed by atoms with Crippen LogP contribution < -0.4 is 10.6 Å². The lowest BCUT2D eigenvalue weighted by molar-refractivity contribution is -0.160. The highest BCUT2D eigenvalue weighted by Crippen LogP contribution is 2.51. The molecule has 0 aromatic heterocycles. The summed E-state index contributed by atoms with van der Waals surface area (Å²) in [7, 11) is -3.23. The lowest BCUT2D eigenvalue weighted by Gasteiger charge is -2.35. The maximum atomic E-state index is 14.4. The molecule has 2 aromatic carbocycles. The predicted octanol–water partition coefficient (Wildman–Crippen LogP) is 2.78. The zero-order valence-electron chi connectivity index (χ0n) is 16.3. The third-order valence-electron chi connectivity index (χ3n) is 4.54. The van der Waals surface area contributed by atoms with E-state index in [-0.39, 0.29) is 6.61 Å². The third-order valence-corrected chi connectivity index (χ3v) is 7.68. The molecule has 0 radical (unpaired) electrons. The molecule has 3 rings (SSSR count). The van der Waals surface area contributed by atoms with Crippen molar-refractivity contribution >= 4 is 29.7 Å². The quantitative estimate of drug-likeness (QED) is 0.411. The molecule has 0 spiro atoms. The summed E-state index contributed by atoms with van der Waals surface area (Å²) in [5.74, 6) is -1.75. The largest absolute Gasteiger partial charge is 0.463 e. The van der Waals surface area contributed by atoms with Crippen molar-refractivity contribution in [3.63, 3.8) is 0 Å². The van der Waals surface area contributed by atoms with E-state index in [2.05, 4.69) is 0 Å². The summed E-state index contributed by atoms with van der Waals surface area (Å²) < 4.78 is 30.9. The van der Waals surface area contributed by atoms with Gasteiger partial charge in [0, 0.05) is 24.5 Å². The third kappa shape index (κ3) is 4.84. The van der Waals surface area contributed by atoms with Crippen molar-refractivity contribution in [1.29, 1.82) is 0 Å². The molecule has 152 valence electrons. The summed E-state index contributed by atoms with van der Waals surface area (Å²) in [6.45, 7) is 2.47. The fourth-order valence-corrected chi connectivity index (χ4v) is 6.01. The second kappa shape index (κ2) is 9.21. The molecular formula is C22H23O6P. The normalized spacial score (nSPS) is 21.4. The van der Waals surface area contributed by atoms with E-state index < -0.39 is 37.1 Å². The van der Waals surface area contributed by atoms with E-state index in [1.807, 2.05) is 60.7 Å². The molecular weight excluding hydrogens is 391 g/mol. The summed E-state index contributed by atoms with van der Waals surface area (Å²) in [6, 6.07) is 18.3. The maximum Gasteiger partial charge on any atom is 0.303 e. The number of benzene rings is 2. The van der Waals surface area contributed by atoms with Crippen LogP contribution in [0.3, 0.4) is 0 Å². The predicted molar refractivity (Wildman–Crippen MR) is 110 cm³/mol. The molecule has 0 aliphatic carbocycles. The summed E-state index contributed by atoms with van der Waals surface area (Å²) in [4.78, 5) is 22.7. The summed E-state index contributed by atoms with van der Waals surface area (Å²) in [5.41, 5.74) is 0. The number of hydrogen-bond donors (Lipinski definition) is 0. The van der Waals surface area contributed by atoms with E-state index in [4.69, 9.17) is 14.2 Å². The van der Waals surface area contributed by atoms with Gasteiger partial charge in [0.1, 0.15) is 24.7 Å². The monoisotopic (exact) mass is 414 g/mol. The Hall–Kier alpha value is -2.69. The van der Waals surface area contributed by atoms with Gasteiger partial charge in [-0.2, -0.15) is 0 Å². The van der Waals surface area contributed by atoms with Crippen molar-refractivity contribution in [1.82, 2.24) is 0 Å². The van der Waals surface area contributed by atoms with E-state index in [9.17, 15) is 14.2 Å². The fraction of sp³-hybridized carbons (Fsp3) is 0.273. The summed E-state index contributed by atoms with van der Waals surface area (Å²) in [6.07, 6.45) is 1.82. The first-order valence-electron chi connectivity index (χ1n) is 9.26. The van der Waals surface area contributed by atoms with Gasteiger partial charge in [-0.25, -0.2) is 0 Å². The highest BCUT2D eigenvalue weighted by atomic mass is 31.2. The molecule has 1 aliphatic rings. The zero-order valence-corrected chi connectivity index (χ0v) is 17.2. The van der Waals surface area contributed by atoms with Crippen molar-refractivity contribution in [2.24, 2.45) is 0 Å². The minimum atomic E-state index is -3.23. The Morgan fingerprint density at radius 1 is 0.897 bits per heavy atom. The lowest BCUT2D eigenvalue weighted by Crippen LogP contribution is -2.43. The Bertz CT molecular complexity index is 881. The highest BCUT2D eigenvalue weighted by Gasteiger charge is 2.42. The summed E-state index contributed by atoms with van der Waals surface area (Å²) in [5, 5.41) is 1.30. The van der Waals surface area contributed by atoms with E-state index in [1.165, 1.54) is 13.8 Å². The Kier molecular flexibility index (Phi) is 6.68. The van der Waals surface area contributed by atoms with E-state index >= 15 is 0 Å². The molecule has 7 heteroatoms. The van der Waals surface area contributed by atoms with Gasteiger partial charge in [-0.05, 0) is 12.2 Å². The number of rotatable bonds is 6. The summed E-state index contributed by atoms with van der Waals surface area (Å²) >= 11 is 0. The number of carbonyl (C=O) groups excluding carboxylic acids is 2. The van der Waals surface area contributed by atoms with E-state index in [0.717, 1.165) is 0 Å². The standard InChI is InChI=1S/C22H23O6P/c1-16(23)26-15-21-20(27-17(2)24)13-14-22(28-21)29(25,18-9-5-3-6-10-18)19-11-7-4-8-12-19/h3-14,20-22H,15H2,1-2H3/t20-,21+,22+/m0/s1. The molecule has 3 atom stereocenters. The van der Waals surface area contributed by atoms with Crippen LogP contribution in [0.4, 0.5) is 0 Å². The smallest absolute Gasteiger partial charge is 0.303 e. The van der Waals surface area contributed by atoms with Crippen molar-refractivity contribution in [2.45, 2.75) is 31.9 Å². The van der Waals surface area contributed by atoms with Gasteiger partial charge in [0.25, 0.3) is 0 Å². The molecule has 0 saturated carbocycles. The van der Waals surface area contributed by atoms with Gasteiger partial charge in [0.15, 0.2) is 7.14 Å². The minimum absolute atomic E-state index is 0.113. The van der Waals surface area contributed by atoms with Gasteiger partial charge in [-0.15, -0.1) is 0 Å². The van der Waals surface area contributed by atoms with Gasteiger partial charge in [0.05, 0.1) is 0 Å². The van der Waals surface area contributed by atoms with Gasteiger partial charge in [-0.3, -0.25) is 9.59 Å². The van der Waals surface area contributed by atoms with E-state index in [0.29, 0.717) is 10.6 Å². The number of hydrogen-bond acceptors (Lipinski definition) is 6. The number of ether oxygens (including phenoxy) is 3. The molecule has 2 aromatic rings. The molecule has 1 aliphatic heterocycles. The molecule has 0 amide bonds. The van der Waals surface area contributed by atoms with Gasteiger partial charge >= 0.3 is 11.9 Å². The van der Waals surface area contributed by atoms with Crippen LogP contribution in [0.1, 0.15) is 13.8 Å². The SMILES string of the molecule is CC(=O)OC[C@H]1O[C@H](P(=O)(c2ccccc2)c2ccccc2)C=C[C@@H]1OC(C)=O. The molecule has 0 N–H and O–H groups in total. The first-order valence-corrected chi connectivity index (χ1v) is 11.0. The Morgan fingerprint density at radius 2 is 1.45 bits per heavy atom. The first kappa shape index (κ1) is 21.0. The number of esters is 2. The average Bonchev–Trinajstić information content (AvgIpc) is 2.73.